The molecule has 2 aromatic rings. The van der Waals surface area contributed by atoms with Gasteiger partial charge in [-0.2, -0.15) is 0 Å². The number of hydrogen-bond acceptors (Lipinski definition) is 5. The Morgan fingerprint density at radius 2 is 1.47 bits per heavy atom. The number of esters is 1. The smallest absolute Gasteiger partial charge is 0.330 e. The van der Waals surface area contributed by atoms with Crippen molar-refractivity contribution < 1.29 is 23.9 Å². The average molecular weight is 546 g/mol. The molecule has 3 rings (SSSR count). The first-order valence-electron chi connectivity index (χ1n) is 10.1. The molecule has 1 aliphatic heterocycles. The van der Waals surface area contributed by atoms with Crippen LogP contribution in [0.3, 0.4) is 0 Å². The molecule has 0 fully saturated rings. The van der Waals surface area contributed by atoms with Crippen molar-refractivity contribution in [3.05, 3.63) is 60.5 Å². The van der Waals surface area contributed by atoms with Crippen LogP contribution in [-0.2, 0) is 14.3 Å². The van der Waals surface area contributed by atoms with Crippen LogP contribution in [-0.4, -0.2) is 41.2 Å². The standard InChI is InChI=1S/C23H20Cl4N2O5/c1-9(2)20(23(33)34-8-13(30)28-12-6-5-10(3)7-11(12)4)29-21(31)14-15(22(29)32)17(25)19(27)18(26)16(14)24/h5-7,9,20H,8H2,1-4H3,(H,28,30)/t20-/m0/s1. The van der Waals surface area contributed by atoms with E-state index in [1.807, 2.05) is 26.0 Å². The molecular formula is C23H20Cl4N2O5. The fraction of sp³-hybridized carbons (Fsp3) is 0.304. The van der Waals surface area contributed by atoms with Gasteiger partial charge in [0.15, 0.2) is 6.61 Å². The van der Waals surface area contributed by atoms with Gasteiger partial charge in [-0.1, -0.05) is 77.9 Å². The van der Waals surface area contributed by atoms with Gasteiger partial charge in [-0.3, -0.25) is 19.3 Å². The van der Waals surface area contributed by atoms with Crippen LogP contribution in [0.4, 0.5) is 5.69 Å². The first-order chi connectivity index (χ1) is 15.9. The zero-order chi connectivity index (χ0) is 25.5. The third-order valence-corrected chi connectivity index (χ3v) is 7.09. The molecule has 0 saturated heterocycles. The van der Waals surface area contributed by atoms with Gasteiger partial charge in [0, 0.05) is 5.69 Å². The Labute approximate surface area is 216 Å². The SMILES string of the molecule is Cc1ccc(NC(=O)COC(=O)[C@H](C(C)C)N2C(=O)c3c(Cl)c(Cl)c(Cl)c(Cl)c3C2=O)c(C)c1. The van der Waals surface area contributed by atoms with Crippen molar-refractivity contribution in [3.63, 3.8) is 0 Å². The zero-order valence-corrected chi connectivity index (χ0v) is 21.6. The number of aryl methyl sites for hydroxylation is 2. The summed E-state index contributed by atoms with van der Waals surface area (Å²) in [4.78, 5) is 52.2. The third kappa shape index (κ3) is 4.75. The molecule has 1 atom stereocenters. The summed E-state index contributed by atoms with van der Waals surface area (Å²) in [5.41, 5.74) is 1.97. The van der Waals surface area contributed by atoms with Crippen molar-refractivity contribution in [1.82, 2.24) is 4.90 Å². The number of benzene rings is 2. The lowest BCUT2D eigenvalue weighted by atomic mass is 10.0. The van der Waals surface area contributed by atoms with Gasteiger partial charge in [0.1, 0.15) is 6.04 Å². The summed E-state index contributed by atoms with van der Waals surface area (Å²) in [5.74, 6) is -3.79. The Hall–Kier alpha value is -2.32. The van der Waals surface area contributed by atoms with Crippen molar-refractivity contribution in [1.29, 1.82) is 0 Å². The van der Waals surface area contributed by atoms with E-state index in [4.69, 9.17) is 51.1 Å². The summed E-state index contributed by atoms with van der Waals surface area (Å²) in [6.07, 6.45) is 0. The predicted molar refractivity (Wildman–Crippen MR) is 131 cm³/mol. The second-order valence-electron chi connectivity index (χ2n) is 8.15. The highest BCUT2D eigenvalue weighted by atomic mass is 35.5. The maximum atomic E-state index is 13.1. The third-order valence-electron chi connectivity index (χ3n) is 5.29. The predicted octanol–water partition coefficient (Wildman–Crippen LogP) is 5.72. The fourth-order valence-electron chi connectivity index (χ4n) is 3.66. The number of halogens is 4. The van der Waals surface area contributed by atoms with Gasteiger partial charge >= 0.3 is 5.97 Å². The van der Waals surface area contributed by atoms with Crippen LogP contribution in [0, 0.1) is 19.8 Å². The average Bonchev–Trinajstić information content (AvgIpc) is 3.02. The number of fused-ring (bicyclic) bond motifs is 1. The minimum Gasteiger partial charge on any atom is -0.454 e. The molecule has 1 aliphatic rings. The molecule has 1 heterocycles. The molecule has 1 N–H and O–H groups in total. The van der Waals surface area contributed by atoms with Crippen LogP contribution in [0.1, 0.15) is 45.7 Å². The highest BCUT2D eigenvalue weighted by Gasteiger charge is 2.48. The van der Waals surface area contributed by atoms with E-state index < -0.39 is 42.3 Å². The van der Waals surface area contributed by atoms with Gasteiger partial charge in [0.2, 0.25) is 0 Å². The molecule has 180 valence electrons. The summed E-state index contributed by atoms with van der Waals surface area (Å²) < 4.78 is 5.16. The number of amides is 3. The first-order valence-corrected chi connectivity index (χ1v) is 11.7. The number of anilines is 1. The van der Waals surface area contributed by atoms with E-state index in [-0.39, 0.29) is 31.2 Å². The zero-order valence-electron chi connectivity index (χ0n) is 18.6. The molecular weight excluding hydrogens is 526 g/mol. The van der Waals surface area contributed by atoms with Crippen LogP contribution >= 0.6 is 46.4 Å². The summed E-state index contributed by atoms with van der Waals surface area (Å²) >= 11 is 24.4. The van der Waals surface area contributed by atoms with Gasteiger partial charge in [0.05, 0.1) is 31.2 Å². The van der Waals surface area contributed by atoms with Gasteiger partial charge in [-0.05, 0) is 31.4 Å². The van der Waals surface area contributed by atoms with Crippen molar-refractivity contribution in [2.75, 3.05) is 11.9 Å². The largest absolute Gasteiger partial charge is 0.454 e. The Morgan fingerprint density at radius 3 is 1.94 bits per heavy atom. The molecule has 0 aromatic heterocycles. The topological polar surface area (TPSA) is 92.8 Å². The number of nitrogens with one attached hydrogen (secondary N) is 1. The molecule has 3 amide bonds. The van der Waals surface area contributed by atoms with E-state index >= 15 is 0 Å². The molecule has 0 saturated carbocycles. The Kier molecular flexibility index (Phi) is 7.82. The second kappa shape index (κ2) is 10.1. The number of rotatable bonds is 6. The van der Waals surface area contributed by atoms with Crippen molar-refractivity contribution in [3.8, 4) is 0 Å². The lowest BCUT2D eigenvalue weighted by molar-refractivity contribution is -0.152. The fourth-order valence-corrected chi connectivity index (χ4v) is 4.67. The molecule has 0 aliphatic carbocycles. The molecule has 0 bridgehead atoms. The summed E-state index contributed by atoms with van der Waals surface area (Å²) in [6.45, 7) is 6.38. The highest BCUT2D eigenvalue weighted by Crippen LogP contribution is 2.45. The molecule has 7 nitrogen and oxygen atoms in total. The van der Waals surface area contributed by atoms with Crippen molar-refractivity contribution in [2.24, 2.45) is 5.92 Å². The molecule has 0 radical (unpaired) electrons. The van der Waals surface area contributed by atoms with Gasteiger partial charge in [-0.15, -0.1) is 0 Å². The summed E-state index contributed by atoms with van der Waals surface area (Å²) in [5, 5.41) is 1.82. The Morgan fingerprint density at radius 1 is 0.941 bits per heavy atom. The Balaban J connectivity index is 1.81. The number of carbonyl (C=O) groups excluding carboxylic acids is 4. The normalized spacial score (nSPS) is 13.9. The number of nitrogens with zero attached hydrogens (tertiary/aromatic N) is 1. The van der Waals surface area contributed by atoms with Crippen LogP contribution < -0.4 is 5.32 Å². The molecule has 0 unspecified atom stereocenters. The number of imide groups is 1. The maximum absolute atomic E-state index is 13.1. The monoisotopic (exact) mass is 544 g/mol. The summed E-state index contributed by atoms with van der Waals surface area (Å²) in [7, 11) is 0. The summed E-state index contributed by atoms with van der Waals surface area (Å²) in [6, 6.07) is 4.13. The maximum Gasteiger partial charge on any atom is 0.330 e. The molecule has 0 spiro atoms. The Bertz CT molecular complexity index is 1180. The highest BCUT2D eigenvalue weighted by molar-refractivity contribution is 6.55. The van der Waals surface area contributed by atoms with E-state index in [0.29, 0.717) is 10.6 Å². The number of ether oxygens (including phenoxy) is 1. The number of hydrogen-bond donors (Lipinski definition) is 1. The molecule has 2 aromatic carbocycles. The van der Waals surface area contributed by atoms with Crippen LogP contribution in [0.25, 0.3) is 0 Å². The van der Waals surface area contributed by atoms with E-state index in [9.17, 15) is 19.2 Å². The van der Waals surface area contributed by atoms with Crippen molar-refractivity contribution >= 4 is 75.8 Å². The number of carbonyl (C=O) groups is 4. The van der Waals surface area contributed by atoms with E-state index in [1.165, 1.54) is 0 Å². The first kappa shape index (κ1) is 26.3. The van der Waals surface area contributed by atoms with Gasteiger partial charge in [0.25, 0.3) is 17.7 Å². The van der Waals surface area contributed by atoms with Gasteiger partial charge in [-0.25, -0.2) is 4.79 Å². The molecule has 11 heteroatoms. The van der Waals surface area contributed by atoms with Crippen LogP contribution in [0.2, 0.25) is 20.1 Å². The second-order valence-corrected chi connectivity index (χ2v) is 9.66. The van der Waals surface area contributed by atoms with Crippen LogP contribution in [0.5, 0.6) is 0 Å². The molecule has 34 heavy (non-hydrogen) atoms. The lowest BCUT2D eigenvalue weighted by Gasteiger charge is -2.27. The van der Waals surface area contributed by atoms with Crippen molar-refractivity contribution in [2.45, 2.75) is 33.7 Å². The quantitative estimate of drug-likeness (QED) is 0.217. The van der Waals surface area contributed by atoms with E-state index in [1.54, 1.807) is 19.9 Å². The minimum atomic E-state index is -1.34. The van der Waals surface area contributed by atoms with E-state index in [0.717, 1.165) is 11.1 Å². The lowest BCUT2D eigenvalue weighted by Crippen LogP contribution is -2.49. The minimum absolute atomic E-state index is 0.179. The van der Waals surface area contributed by atoms with Crippen LogP contribution in [0.15, 0.2) is 18.2 Å². The van der Waals surface area contributed by atoms with E-state index in [2.05, 4.69) is 5.32 Å². The van der Waals surface area contributed by atoms with Gasteiger partial charge < -0.3 is 10.1 Å².